The molecule has 9 nitrogen and oxygen atoms in total. The van der Waals surface area contributed by atoms with E-state index in [0.717, 1.165) is 5.56 Å². The van der Waals surface area contributed by atoms with Crippen molar-refractivity contribution in [2.24, 2.45) is 5.92 Å². The van der Waals surface area contributed by atoms with Crippen molar-refractivity contribution in [2.45, 2.75) is 26.4 Å². The van der Waals surface area contributed by atoms with Crippen LogP contribution in [0.15, 0.2) is 77.4 Å². The Hall–Kier alpha value is -4.37. The van der Waals surface area contributed by atoms with Crippen LogP contribution in [0, 0.1) is 12.8 Å². The number of hydrogen-bond donors (Lipinski definition) is 3. The van der Waals surface area contributed by atoms with E-state index < -0.39 is 24.1 Å². The number of carbonyl (C=O) groups excluding carboxylic acids is 1. The second-order valence-electron chi connectivity index (χ2n) is 8.70. The van der Waals surface area contributed by atoms with E-state index in [1.165, 1.54) is 0 Å². The SMILES string of the molecule is Cc1noc(-c2ccc(NCC(Cc3ccccc3)C(=O)O)nc2)c1NC(=O)OC(C)c1ccccc1Cl. The van der Waals surface area contributed by atoms with Gasteiger partial charge in [0.2, 0.25) is 0 Å². The molecule has 10 heteroatoms. The molecule has 2 atom stereocenters. The molecule has 0 saturated heterocycles. The fourth-order valence-corrected chi connectivity index (χ4v) is 4.17. The zero-order chi connectivity index (χ0) is 27.1. The molecule has 0 spiro atoms. The number of carboxylic acid groups (broad SMARTS) is 1. The van der Waals surface area contributed by atoms with Crippen LogP contribution in [0.1, 0.15) is 29.8 Å². The van der Waals surface area contributed by atoms with Crippen LogP contribution in [0.25, 0.3) is 11.3 Å². The summed E-state index contributed by atoms with van der Waals surface area (Å²) < 4.78 is 10.9. The van der Waals surface area contributed by atoms with Gasteiger partial charge in [0.05, 0.1) is 5.92 Å². The van der Waals surface area contributed by atoms with E-state index >= 15 is 0 Å². The number of nitrogens with zero attached hydrogens (tertiary/aromatic N) is 2. The molecule has 0 saturated carbocycles. The lowest BCUT2D eigenvalue weighted by molar-refractivity contribution is -0.141. The molecule has 38 heavy (non-hydrogen) atoms. The van der Waals surface area contributed by atoms with Gasteiger partial charge in [-0.2, -0.15) is 0 Å². The van der Waals surface area contributed by atoms with E-state index in [0.29, 0.717) is 45.5 Å². The Bertz CT molecular complexity index is 1390. The van der Waals surface area contributed by atoms with Crippen LogP contribution in [0.3, 0.4) is 0 Å². The number of carboxylic acids is 1. The van der Waals surface area contributed by atoms with Crippen molar-refractivity contribution in [3.05, 3.63) is 94.8 Å². The van der Waals surface area contributed by atoms with Crippen molar-refractivity contribution in [1.82, 2.24) is 10.1 Å². The highest BCUT2D eigenvalue weighted by molar-refractivity contribution is 6.31. The van der Waals surface area contributed by atoms with Crippen molar-refractivity contribution < 1.29 is 24.0 Å². The molecular formula is C28H27ClN4O5. The molecule has 0 aliphatic carbocycles. The maximum atomic E-state index is 12.6. The number of aliphatic carboxylic acids is 1. The summed E-state index contributed by atoms with van der Waals surface area (Å²) in [7, 11) is 0. The Morgan fingerprint density at radius 2 is 1.82 bits per heavy atom. The van der Waals surface area contributed by atoms with Gasteiger partial charge in [-0.05, 0) is 44.0 Å². The van der Waals surface area contributed by atoms with Crippen molar-refractivity contribution >= 4 is 35.2 Å². The minimum absolute atomic E-state index is 0.209. The Balaban J connectivity index is 1.40. The lowest BCUT2D eigenvalue weighted by Gasteiger charge is -2.15. The van der Waals surface area contributed by atoms with E-state index in [9.17, 15) is 14.7 Å². The van der Waals surface area contributed by atoms with Crippen molar-refractivity contribution in [3.63, 3.8) is 0 Å². The average Bonchev–Trinajstić information content (AvgIpc) is 3.27. The first kappa shape index (κ1) is 26.7. The molecule has 0 bridgehead atoms. The number of halogens is 1. The third-order valence-corrected chi connectivity index (χ3v) is 6.29. The van der Waals surface area contributed by atoms with Crippen LogP contribution >= 0.6 is 11.6 Å². The maximum Gasteiger partial charge on any atom is 0.412 e. The van der Waals surface area contributed by atoms with E-state index in [4.69, 9.17) is 20.9 Å². The molecule has 0 fully saturated rings. The lowest BCUT2D eigenvalue weighted by Crippen LogP contribution is -2.25. The predicted molar refractivity (Wildman–Crippen MR) is 144 cm³/mol. The van der Waals surface area contributed by atoms with E-state index in [-0.39, 0.29) is 6.54 Å². The summed E-state index contributed by atoms with van der Waals surface area (Å²) in [4.78, 5) is 28.7. The third kappa shape index (κ3) is 6.68. The van der Waals surface area contributed by atoms with Crippen LogP contribution in [-0.4, -0.2) is 33.9 Å². The van der Waals surface area contributed by atoms with Gasteiger partial charge in [0, 0.05) is 28.9 Å². The highest BCUT2D eigenvalue weighted by Gasteiger charge is 2.21. The van der Waals surface area contributed by atoms with Crippen LogP contribution in [-0.2, 0) is 16.0 Å². The molecule has 4 rings (SSSR count). The number of hydrogen-bond acceptors (Lipinski definition) is 7. The average molecular weight is 535 g/mol. The van der Waals surface area contributed by atoms with Gasteiger partial charge >= 0.3 is 12.1 Å². The summed E-state index contributed by atoms with van der Waals surface area (Å²) in [6.07, 6.45) is 0.696. The summed E-state index contributed by atoms with van der Waals surface area (Å²) in [5, 5.41) is 19.9. The molecule has 2 heterocycles. The van der Waals surface area contributed by atoms with Crippen molar-refractivity contribution in [3.8, 4) is 11.3 Å². The fourth-order valence-electron chi connectivity index (χ4n) is 3.88. The molecule has 0 radical (unpaired) electrons. The number of carbonyl (C=O) groups is 2. The van der Waals surface area contributed by atoms with Gasteiger partial charge in [-0.1, -0.05) is 65.3 Å². The summed E-state index contributed by atoms with van der Waals surface area (Å²) in [6, 6.07) is 20.1. The highest BCUT2D eigenvalue weighted by Crippen LogP contribution is 2.32. The van der Waals surface area contributed by atoms with Crippen LogP contribution < -0.4 is 10.6 Å². The molecule has 2 aromatic heterocycles. The van der Waals surface area contributed by atoms with Crippen molar-refractivity contribution in [2.75, 3.05) is 17.2 Å². The molecule has 2 unspecified atom stereocenters. The fraction of sp³-hybridized carbons (Fsp3) is 0.214. The number of pyridine rings is 1. The van der Waals surface area contributed by atoms with Gasteiger partial charge in [-0.3, -0.25) is 10.1 Å². The molecule has 0 aliphatic rings. The standard InChI is InChI=1S/C28H27ClN4O5/c1-17-25(32-28(36)37-18(2)22-10-6-7-11-23(22)29)26(38-33-17)20-12-13-24(30-15-20)31-16-21(27(34)35)14-19-8-4-3-5-9-19/h3-13,15,18,21H,14,16H2,1-2H3,(H,30,31)(H,32,36)(H,34,35). The van der Waals surface area contributed by atoms with E-state index in [1.807, 2.05) is 36.4 Å². The minimum Gasteiger partial charge on any atom is -0.481 e. The second-order valence-corrected chi connectivity index (χ2v) is 9.11. The number of amides is 1. The van der Waals surface area contributed by atoms with Crippen LogP contribution in [0.4, 0.5) is 16.3 Å². The van der Waals surface area contributed by atoms with Gasteiger partial charge in [0.1, 0.15) is 23.3 Å². The van der Waals surface area contributed by atoms with Crippen LogP contribution in [0.2, 0.25) is 5.02 Å². The van der Waals surface area contributed by atoms with Gasteiger partial charge in [0.15, 0.2) is 5.76 Å². The monoisotopic (exact) mass is 534 g/mol. The number of benzene rings is 2. The Morgan fingerprint density at radius 3 is 2.50 bits per heavy atom. The molecule has 4 aromatic rings. The lowest BCUT2D eigenvalue weighted by atomic mass is 9.99. The maximum absolute atomic E-state index is 12.6. The zero-order valence-electron chi connectivity index (χ0n) is 20.8. The summed E-state index contributed by atoms with van der Waals surface area (Å²) in [5.74, 6) is -0.685. The van der Waals surface area contributed by atoms with Crippen molar-refractivity contribution in [1.29, 1.82) is 0 Å². The first-order chi connectivity index (χ1) is 18.3. The molecule has 2 aromatic carbocycles. The minimum atomic E-state index is -0.887. The number of ether oxygens (including phenoxy) is 1. The molecule has 0 aliphatic heterocycles. The quantitative estimate of drug-likeness (QED) is 0.214. The Labute approximate surface area is 224 Å². The molecule has 1 amide bonds. The van der Waals surface area contributed by atoms with Gasteiger partial charge in [-0.25, -0.2) is 9.78 Å². The second kappa shape index (κ2) is 12.2. The smallest absolute Gasteiger partial charge is 0.412 e. The van der Waals surface area contributed by atoms with Gasteiger partial charge in [0.25, 0.3) is 0 Å². The first-order valence-corrected chi connectivity index (χ1v) is 12.3. The Morgan fingerprint density at radius 1 is 1.08 bits per heavy atom. The van der Waals surface area contributed by atoms with Gasteiger partial charge < -0.3 is 19.7 Å². The number of rotatable bonds is 10. The molecule has 196 valence electrons. The largest absolute Gasteiger partial charge is 0.481 e. The molecule has 3 N–H and O–H groups in total. The normalized spacial score (nSPS) is 12.4. The molecular weight excluding hydrogens is 508 g/mol. The predicted octanol–water partition coefficient (Wildman–Crippen LogP) is 6.36. The van der Waals surface area contributed by atoms with E-state index in [1.54, 1.807) is 50.4 Å². The summed E-state index contributed by atoms with van der Waals surface area (Å²) in [6.45, 7) is 3.63. The number of anilines is 2. The summed E-state index contributed by atoms with van der Waals surface area (Å²) >= 11 is 6.20. The van der Waals surface area contributed by atoms with E-state index in [2.05, 4.69) is 20.8 Å². The zero-order valence-corrected chi connectivity index (χ0v) is 21.6. The number of aromatic nitrogens is 2. The van der Waals surface area contributed by atoms with Crippen LogP contribution in [0.5, 0.6) is 0 Å². The Kier molecular flexibility index (Phi) is 8.60. The topological polar surface area (TPSA) is 127 Å². The summed E-state index contributed by atoms with van der Waals surface area (Å²) in [5.41, 5.74) is 3.04. The number of nitrogens with one attached hydrogen (secondary N) is 2. The highest BCUT2D eigenvalue weighted by atomic mass is 35.5. The van der Waals surface area contributed by atoms with Gasteiger partial charge in [-0.15, -0.1) is 0 Å². The first-order valence-electron chi connectivity index (χ1n) is 12.0. The number of aryl methyl sites for hydroxylation is 1. The third-order valence-electron chi connectivity index (χ3n) is 5.95.